The van der Waals surface area contributed by atoms with E-state index in [2.05, 4.69) is 19.9 Å². The Kier molecular flexibility index (Phi) is 12.1. The second-order valence-electron chi connectivity index (χ2n) is 10.9. The van der Waals surface area contributed by atoms with Crippen LogP contribution >= 0.6 is 23.5 Å². The van der Waals surface area contributed by atoms with E-state index in [-0.39, 0.29) is 35.1 Å². The van der Waals surface area contributed by atoms with Crippen LogP contribution in [0.15, 0.2) is 74.2 Å². The van der Waals surface area contributed by atoms with Crippen LogP contribution in [0, 0.1) is 23.2 Å². The summed E-state index contributed by atoms with van der Waals surface area (Å²) in [5, 5.41) is 11.9. The van der Waals surface area contributed by atoms with Crippen molar-refractivity contribution in [1.82, 2.24) is 0 Å². The number of nitriles is 1. The molecule has 3 aromatic rings. The molecule has 4 rings (SSSR count). The molecule has 0 N–H and O–H groups in total. The number of fused-ring (bicyclic) bond motifs is 2. The van der Waals surface area contributed by atoms with E-state index in [0.29, 0.717) is 43.9 Å². The van der Waals surface area contributed by atoms with Gasteiger partial charge in [0.1, 0.15) is 23.1 Å². The van der Waals surface area contributed by atoms with Crippen molar-refractivity contribution in [2.45, 2.75) is 88.9 Å². The molecule has 1 aliphatic rings. The largest absolute Gasteiger partial charge is 0.425 e. The number of Topliss-reactive ketones (excluding diaryl/α,β-unsaturated/α-hetero) is 1. The minimum atomic E-state index is -0.388. The molecule has 0 aromatic heterocycles. The number of esters is 2. The van der Waals surface area contributed by atoms with Crippen LogP contribution in [-0.2, 0) is 9.59 Å². The van der Waals surface area contributed by atoms with Crippen LogP contribution in [0.4, 0.5) is 0 Å². The summed E-state index contributed by atoms with van der Waals surface area (Å²) in [6.45, 7) is 8.12. The van der Waals surface area contributed by atoms with E-state index in [1.54, 1.807) is 24.3 Å². The summed E-state index contributed by atoms with van der Waals surface area (Å²) in [5.41, 5.74) is 0.428. The zero-order valence-corrected chi connectivity index (χ0v) is 27.4. The van der Waals surface area contributed by atoms with Gasteiger partial charge < -0.3 is 9.47 Å². The molecule has 2 unspecified atom stereocenters. The second kappa shape index (κ2) is 16.0. The van der Waals surface area contributed by atoms with Crippen LogP contribution < -0.4 is 9.47 Å². The molecule has 1 heterocycles. The first kappa shape index (κ1) is 33.4. The summed E-state index contributed by atoms with van der Waals surface area (Å²) in [5.74, 6) is -0.809. The Morgan fingerprint density at radius 1 is 0.750 bits per heavy atom. The predicted molar refractivity (Wildman–Crippen MR) is 177 cm³/mol. The first-order chi connectivity index (χ1) is 21.4. The lowest BCUT2D eigenvalue weighted by Gasteiger charge is -2.17. The molecule has 0 saturated carbocycles. The van der Waals surface area contributed by atoms with Crippen molar-refractivity contribution in [3.05, 3.63) is 70.0 Å². The molecule has 0 saturated heterocycles. The minimum absolute atomic E-state index is 0.00846. The third-order valence-electron chi connectivity index (χ3n) is 7.89. The number of rotatable bonds is 14. The maximum Gasteiger partial charge on any atom is 0.314 e. The van der Waals surface area contributed by atoms with Crippen LogP contribution in [0.5, 0.6) is 11.5 Å². The first-order valence-corrected chi connectivity index (χ1v) is 17.1. The minimum Gasteiger partial charge on any atom is -0.425 e. The SMILES string of the molecule is CCCCC(CC)C(=O)Oc1ccc(OC(=O)C(CC)CCCC)c2c1SC(=C(C#N)C(=O)c1cccc3ccccc13)S2. The predicted octanol–water partition coefficient (Wildman–Crippen LogP) is 9.90. The van der Waals surface area contributed by atoms with Crippen LogP contribution in [0.1, 0.15) is 89.4 Å². The Morgan fingerprint density at radius 2 is 1.27 bits per heavy atom. The van der Waals surface area contributed by atoms with Gasteiger partial charge in [-0.2, -0.15) is 5.26 Å². The van der Waals surface area contributed by atoms with E-state index in [0.717, 1.165) is 49.3 Å². The van der Waals surface area contributed by atoms with Crippen molar-refractivity contribution in [2.75, 3.05) is 0 Å². The maximum atomic E-state index is 13.8. The fourth-order valence-corrected chi connectivity index (χ4v) is 7.77. The molecule has 1 aliphatic heterocycles. The monoisotopic (exact) mass is 629 g/mol. The summed E-state index contributed by atoms with van der Waals surface area (Å²) in [6.07, 6.45) is 6.64. The third kappa shape index (κ3) is 7.57. The van der Waals surface area contributed by atoms with Gasteiger partial charge in [-0.05, 0) is 48.6 Å². The van der Waals surface area contributed by atoms with Gasteiger partial charge in [-0.15, -0.1) is 0 Å². The highest BCUT2D eigenvalue weighted by atomic mass is 32.2. The summed E-state index contributed by atoms with van der Waals surface area (Å²) in [7, 11) is 0. The molecule has 3 aromatic carbocycles. The Morgan fingerprint density at radius 3 is 1.77 bits per heavy atom. The van der Waals surface area contributed by atoms with Crippen LogP contribution in [0.3, 0.4) is 0 Å². The average molecular weight is 630 g/mol. The second-order valence-corrected chi connectivity index (χ2v) is 13.2. The number of carbonyl (C=O) groups is 3. The van der Waals surface area contributed by atoms with Gasteiger partial charge in [0.25, 0.3) is 0 Å². The molecule has 0 spiro atoms. The van der Waals surface area contributed by atoms with Crippen LogP contribution in [0.25, 0.3) is 10.8 Å². The zero-order chi connectivity index (χ0) is 31.6. The van der Waals surface area contributed by atoms with Gasteiger partial charge in [0.05, 0.1) is 25.9 Å². The number of thioether (sulfide) groups is 2. The van der Waals surface area contributed by atoms with E-state index >= 15 is 0 Å². The average Bonchev–Trinajstić information content (AvgIpc) is 3.48. The van der Waals surface area contributed by atoms with Crippen molar-refractivity contribution in [2.24, 2.45) is 11.8 Å². The molecule has 44 heavy (non-hydrogen) atoms. The Bertz CT molecular complexity index is 1540. The zero-order valence-electron chi connectivity index (χ0n) is 25.8. The number of nitrogens with zero attached hydrogens (tertiary/aromatic N) is 1. The Labute approximate surface area is 268 Å². The highest BCUT2D eigenvalue weighted by Gasteiger charge is 2.33. The van der Waals surface area contributed by atoms with Gasteiger partial charge in [-0.1, -0.05) is 119 Å². The van der Waals surface area contributed by atoms with Gasteiger partial charge in [0, 0.05) is 5.56 Å². The van der Waals surface area contributed by atoms with E-state index in [1.165, 1.54) is 23.5 Å². The smallest absolute Gasteiger partial charge is 0.314 e. The number of ether oxygens (including phenoxy) is 2. The summed E-state index contributed by atoms with van der Waals surface area (Å²) < 4.78 is 12.4. The quantitative estimate of drug-likeness (QED) is 0.0572. The number of benzene rings is 3. The summed E-state index contributed by atoms with van der Waals surface area (Å²) >= 11 is 2.41. The lowest BCUT2D eigenvalue weighted by Crippen LogP contribution is -2.21. The van der Waals surface area contributed by atoms with Crippen molar-refractivity contribution in [3.8, 4) is 17.6 Å². The highest BCUT2D eigenvalue weighted by molar-refractivity contribution is 8.24. The van der Waals surface area contributed by atoms with Crippen molar-refractivity contribution < 1.29 is 23.9 Å². The normalized spacial score (nSPS) is 13.6. The Balaban J connectivity index is 1.73. The number of ketones is 1. The molecular formula is C36H39NO5S2. The van der Waals surface area contributed by atoms with Crippen LogP contribution in [-0.4, -0.2) is 17.7 Å². The maximum absolute atomic E-state index is 13.8. The number of unbranched alkanes of at least 4 members (excludes halogenated alkanes) is 2. The summed E-state index contributed by atoms with van der Waals surface area (Å²) in [6, 6.07) is 18.4. The van der Waals surface area contributed by atoms with Crippen molar-refractivity contribution in [3.63, 3.8) is 0 Å². The fraction of sp³-hybridized carbons (Fsp3) is 0.389. The molecule has 0 fully saturated rings. The fourth-order valence-electron chi connectivity index (χ4n) is 5.20. The van der Waals surface area contributed by atoms with Gasteiger partial charge in [0.2, 0.25) is 5.78 Å². The van der Waals surface area contributed by atoms with Crippen molar-refractivity contribution in [1.29, 1.82) is 5.26 Å². The lowest BCUT2D eigenvalue weighted by atomic mass is 9.98. The van der Waals surface area contributed by atoms with Crippen molar-refractivity contribution >= 4 is 52.0 Å². The Hall–Kier alpha value is -3.54. The topological polar surface area (TPSA) is 93.5 Å². The molecule has 0 bridgehead atoms. The molecular weight excluding hydrogens is 591 g/mol. The van der Waals surface area contributed by atoms with Gasteiger partial charge in [-0.25, -0.2) is 0 Å². The molecule has 6 nitrogen and oxygen atoms in total. The van der Waals surface area contributed by atoms with Gasteiger partial charge in [-0.3, -0.25) is 14.4 Å². The molecule has 2 atom stereocenters. The van der Waals surface area contributed by atoms with Gasteiger partial charge >= 0.3 is 11.9 Å². The molecule has 8 heteroatoms. The summed E-state index contributed by atoms with van der Waals surface area (Å²) in [4.78, 5) is 41.3. The molecule has 0 amide bonds. The highest BCUT2D eigenvalue weighted by Crippen LogP contribution is 2.59. The van der Waals surface area contributed by atoms with E-state index in [9.17, 15) is 19.6 Å². The number of allylic oxidation sites excluding steroid dienone is 1. The lowest BCUT2D eigenvalue weighted by molar-refractivity contribution is -0.140. The van der Waals surface area contributed by atoms with E-state index in [1.807, 2.05) is 44.2 Å². The standard InChI is InChI=1S/C36H39NO5S2/c1-5-9-14-23(7-3)34(39)41-29-20-21-30(42-35(40)24(8-4)15-10-6-2)33-32(29)43-36(44-33)28(22-37)31(38)27-19-13-17-25-16-11-12-18-26(25)27/h11-13,16-21,23-24H,5-10,14-15H2,1-4H3. The molecule has 0 aliphatic carbocycles. The van der Waals surface area contributed by atoms with E-state index in [4.69, 9.17) is 9.47 Å². The van der Waals surface area contributed by atoms with E-state index < -0.39 is 0 Å². The van der Waals surface area contributed by atoms with Gasteiger partial charge in [0.15, 0.2) is 0 Å². The molecule has 0 radical (unpaired) electrons. The molecule has 230 valence electrons. The number of hydrogen-bond acceptors (Lipinski definition) is 8. The first-order valence-electron chi connectivity index (χ1n) is 15.5. The van der Waals surface area contributed by atoms with Crippen LogP contribution in [0.2, 0.25) is 0 Å². The number of carbonyl (C=O) groups excluding carboxylic acids is 3. The third-order valence-corrected chi connectivity index (χ3v) is 10.5. The number of hydrogen-bond donors (Lipinski definition) is 0.